The molecule has 0 fully saturated rings. The Morgan fingerprint density at radius 2 is 2.00 bits per heavy atom. The maximum absolute atomic E-state index is 12.2. The molecule has 0 aliphatic heterocycles. The van der Waals surface area contributed by atoms with E-state index in [4.69, 9.17) is 14.2 Å². The van der Waals surface area contributed by atoms with Crippen LogP contribution in [0, 0.1) is 0 Å². The maximum Gasteiger partial charge on any atom is 0.308 e. The highest BCUT2D eigenvalue weighted by Crippen LogP contribution is 2.30. The van der Waals surface area contributed by atoms with Crippen molar-refractivity contribution >= 4 is 44.6 Å². The summed E-state index contributed by atoms with van der Waals surface area (Å²) in [5.74, 6) is 0.751. The fourth-order valence-electron chi connectivity index (χ4n) is 2.56. The van der Waals surface area contributed by atoms with Gasteiger partial charge in [0.05, 0.1) is 23.9 Å². The molecule has 8 heteroatoms. The van der Waals surface area contributed by atoms with Crippen molar-refractivity contribution in [3.8, 4) is 17.2 Å². The molecule has 0 unspecified atom stereocenters. The largest absolute Gasteiger partial charge is 0.494 e. The predicted molar refractivity (Wildman–Crippen MR) is 113 cm³/mol. The van der Waals surface area contributed by atoms with Crippen molar-refractivity contribution in [1.29, 1.82) is 0 Å². The average Bonchev–Trinajstić information content (AvgIpc) is 3.08. The lowest BCUT2D eigenvalue weighted by Gasteiger charge is -2.08. The van der Waals surface area contributed by atoms with Crippen molar-refractivity contribution in [3.05, 3.63) is 48.0 Å². The van der Waals surface area contributed by atoms with Crippen LogP contribution in [-0.4, -0.2) is 30.6 Å². The summed E-state index contributed by atoms with van der Waals surface area (Å²) in [5, 5.41) is 3.27. The Morgan fingerprint density at radius 3 is 2.72 bits per heavy atom. The third-order valence-electron chi connectivity index (χ3n) is 3.77. The molecular weight excluding hydrogens is 392 g/mol. The van der Waals surface area contributed by atoms with Crippen molar-refractivity contribution in [3.63, 3.8) is 0 Å². The molecule has 3 aromatic rings. The summed E-state index contributed by atoms with van der Waals surface area (Å²) < 4.78 is 16.7. The Labute approximate surface area is 171 Å². The molecule has 0 spiro atoms. The lowest BCUT2D eigenvalue weighted by Crippen LogP contribution is -2.07. The molecule has 150 valence electrons. The van der Waals surface area contributed by atoms with Gasteiger partial charge in [-0.05, 0) is 48.9 Å². The van der Waals surface area contributed by atoms with Crippen LogP contribution >= 0.6 is 11.3 Å². The second-order valence-corrected chi connectivity index (χ2v) is 6.94. The van der Waals surface area contributed by atoms with Crippen molar-refractivity contribution in [1.82, 2.24) is 4.98 Å². The number of hydrogen-bond acceptors (Lipinski definition) is 7. The van der Waals surface area contributed by atoms with E-state index in [1.54, 1.807) is 24.3 Å². The van der Waals surface area contributed by atoms with E-state index >= 15 is 0 Å². The molecule has 0 atom stereocenters. The van der Waals surface area contributed by atoms with Gasteiger partial charge in [-0.2, -0.15) is 0 Å². The van der Waals surface area contributed by atoms with Gasteiger partial charge in [-0.1, -0.05) is 17.4 Å². The lowest BCUT2D eigenvalue weighted by atomic mass is 10.2. The summed E-state index contributed by atoms with van der Waals surface area (Å²) in [6, 6.07) is 10.6. The number of esters is 1. The maximum atomic E-state index is 12.2. The van der Waals surface area contributed by atoms with E-state index in [9.17, 15) is 9.59 Å². The van der Waals surface area contributed by atoms with Crippen LogP contribution in [0.1, 0.15) is 19.4 Å². The van der Waals surface area contributed by atoms with Crippen molar-refractivity contribution in [2.45, 2.75) is 13.8 Å². The van der Waals surface area contributed by atoms with Crippen LogP contribution in [0.25, 0.3) is 16.3 Å². The Hall–Kier alpha value is -3.39. The normalized spacial score (nSPS) is 10.9. The van der Waals surface area contributed by atoms with Gasteiger partial charge < -0.3 is 14.2 Å². The third kappa shape index (κ3) is 5.32. The average molecular weight is 412 g/mol. The Morgan fingerprint density at radius 1 is 1.17 bits per heavy atom. The number of thiazole rings is 1. The highest BCUT2D eigenvalue weighted by molar-refractivity contribution is 7.22. The molecule has 0 radical (unpaired) electrons. The van der Waals surface area contributed by atoms with Gasteiger partial charge in [0.2, 0.25) is 5.91 Å². The number of rotatable bonds is 7. The number of amides is 1. The first-order valence-corrected chi connectivity index (χ1v) is 9.69. The fourth-order valence-corrected chi connectivity index (χ4v) is 3.46. The summed E-state index contributed by atoms with van der Waals surface area (Å²) in [4.78, 5) is 27.8. The number of aromatic nitrogens is 1. The van der Waals surface area contributed by atoms with Gasteiger partial charge in [-0.15, -0.1) is 0 Å². The summed E-state index contributed by atoms with van der Waals surface area (Å²) in [6.45, 7) is 3.83. The van der Waals surface area contributed by atoms with Crippen molar-refractivity contribution < 1.29 is 23.8 Å². The van der Waals surface area contributed by atoms with Crippen LogP contribution in [0.3, 0.4) is 0 Å². The number of fused-ring (bicyclic) bond motifs is 1. The van der Waals surface area contributed by atoms with Gasteiger partial charge in [0, 0.05) is 13.0 Å². The zero-order valence-corrected chi connectivity index (χ0v) is 17.0. The monoisotopic (exact) mass is 412 g/mol. The number of nitrogens with zero attached hydrogens (tertiary/aromatic N) is 1. The lowest BCUT2D eigenvalue weighted by molar-refractivity contribution is -0.132. The molecule has 0 saturated carbocycles. The van der Waals surface area contributed by atoms with E-state index in [2.05, 4.69) is 10.3 Å². The highest BCUT2D eigenvalue weighted by Gasteiger charge is 2.09. The van der Waals surface area contributed by atoms with E-state index in [1.807, 2.05) is 25.1 Å². The molecule has 1 N–H and O–H groups in total. The summed E-state index contributed by atoms with van der Waals surface area (Å²) in [7, 11) is 1.48. The van der Waals surface area contributed by atoms with Crippen LogP contribution in [-0.2, 0) is 9.59 Å². The van der Waals surface area contributed by atoms with Gasteiger partial charge in [-0.3, -0.25) is 14.9 Å². The summed E-state index contributed by atoms with van der Waals surface area (Å²) in [5.41, 5.74) is 1.52. The minimum absolute atomic E-state index is 0.308. The number of nitrogens with one attached hydrogen (secondary N) is 1. The minimum atomic E-state index is -0.435. The quantitative estimate of drug-likeness (QED) is 0.354. The Balaban J connectivity index is 1.69. The third-order valence-corrected chi connectivity index (χ3v) is 4.70. The molecule has 7 nitrogen and oxygen atoms in total. The zero-order chi connectivity index (χ0) is 20.8. The molecular formula is C21H20N2O5S. The van der Waals surface area contributed by atoms with E-state index in [1.165, 1.54) is 31.4 Å². The first-order valence-electron chi connectivity index (χ1n) is 8.87. The van der Waals surface area contributed by atoms with E-state index in [0.29, 0.717) is 23.2 Å². The molecule has 0 aliphatic rings. The Kier molecular flexibility index (Phi) is 6.46. The fraction of sp³-hybridized carbons (Fsp3) is 0.190. The summed E-state index contributed by atoms with van der Waals surface area (Å²) >= 11 is 1.38. The van der Waals surface area contributed by atoms with Crippen LogP contribution < -0.4 is 19.5 Å². The van der Waals surface area contributed by atoms with Gasteiger partial charge in [0.1, 0.15) is 5.75 Å². The van der Waals surface area contributed by atoms with Gasteiger partial charge in [-0.25, -0.2) is 4.98 Å². The molecule has 3 rings (SSSR count). The number of benzene rings is 2. The standard InChI is InChI=1S/C21H20N2O5S/c1-4-27-15-7-8-16-19(12-15)29-21(22-16)23-20(25)10-6-14-5-9-17(28-13(2)24)18(11-14)26-3/h5-12H,4H2,1-3H3,(H,22,23,25)/b10-6+. The van der Waals surface area contributed by atoms with Crippen LogP contribution in [0.2, 0.25) is 0 Å². The number of ether oxygens (including phenoxy) is 3. The molecule has 29 heavy (non-hydrogen) atoms. The molecule has 1 aromatic heterocycles. The van der Waals surface area contributed by atoms with E-state index in [0.717, 1.165) is 21.5 Å². The SMILES string of the molecule is CCOc1ccc2nc(NC(=O)/C=C/c3ccc(OC(C)=O)c(OC)c3)sc2c1. The Bertz CT molecular complexity index is 1070. The van der Waals surface area contributed by atoms with E-state index in [-0.39, 0.29) is 5.91 Å². The van der Waals surface area contributed by atoms with Crippen LogP contribution in [0.4, 0.5) is 5.13 Å². The first-order chi connectivity index (χ1) is 14.0. The predicted octanol–water partition coefficient (Wildman–Crippen LogP) is 4.28. The van der Waals surface area contributed by atoms with Gasteiger partial charge >= 0.3 is 5.97 Å². The van der Waals surface area contributed by atoms with Gasteiger partial charge in [0.25, 0.3) is 0 Å². The zero-order valence-electron chi connectivity index (χ0n) is 16.2. The smallest absolute Gasteiger partial charge is 0.308 e. The molecule has 0 bridgehead atoms. The summed E-state index contributed by atoms with van der Waals surface area (Å²) in [6.07, 6.45) is 3.04. The van der Waals surface area contributed by atoms with Gasteiger partial charge in [0.15, 0.2) is 16.6 Å². The number of carbonyl (C=O) groups excluding carboxylic acids is 2. The molecule has 2 aromatic carbocycles. The molecule has 1 amide bonds. The minimum Gasteiger partial charge on any atom is -0.494 e. The van der Waals surface area contributed by atoms with Crippen LogP contribution in [0.15, 0.2) is 42.5 Å². The number of hydrogen-bond donors (Lipinski definition) is 1. The second-order valence-electron chi connectivity index (χ2n) is 5.91. The van der Waals surface area contributed by atoms with Crippen molar-refractivity contribution in [2.24, 2.45) is 0 Å². The first kappa shape index (κ1) is 20.3. The molecule has 1 heterocycles. The van der Waals surface area contributed by atoms with Crippen LogP contribution in [0.5, 0.6) is 17.2 Å². The number of carbonyl (C=O) groups is 2. The number of anilines is 1. The topological polar surface area (TPSA) is 86.8 Å². The second kappa shape index (κ2) is 9.20. The molecule has 0 aliphatic carbocycles. The molecule has 0 saturated heterocycles. The number of methoxy groups -OCH3 is 1. The van der Waals surface area contributed by atoms with E-state index < -0.39 is 5.97 Å². The highest BCUT2D eigenvalue weighted by atomic mass is 32.1. The van der Waals surface area contributed by atoms with Crippen molar-refractivity contribution in [2.75, 3.05) is 19.0 Å².